The molecule has 0 saturated carbocycles. The smallest absolute Gasteiger partial charge is 0.273 e. The number of carbonyl (C=O) groups is 2. The van der Waals surface area contributed by atoms with Gasteiger partial charge in [0.05, 0.1) is 11.3 Å². The summed E-state index contributed by atoms with van der Waals surface area (Å²) in [5, 5.41) is 0. The normalized spacial score (nSPS) is 10.4. The lowest BCUT2D eigenvalue weighted by molar-refractivity contribution is -0.119. The van der Waals surface area contributed by atoms with Crippen LogP contribution in [-0.4, -0.2) is 17.6 Å². The number of benzene rings is 1. The molecule has 1 aromatic heterocycles. The van der Waals surface area contributed by atoms with Crippen molar-refractivity contribution < 1.29 is 22.8 Å². The molecule has 0 aliphatic rings. The monoisotopic (exact) mass is 340 g/mol. The zero-order chi connectivity index (χ0) is 17.0. The molecule has 5 nitrogen and oxygen atoms in total. The Balaban J connectivity index is 1.84. The molecule has 8 heteroatoms. The van der Waals surface area contributed by atoms with Crippen LogP contribution in [0, 0.1) is 25.5 Å². The number of aryl methyl sites for hydroxylation is 2. The van der Waals surface area contributed by atoms with E-state index in [0.29, 0.717) is 17.1 Å². The number of rotatable bonds is 4. The summed E-state index contributed by atoms with van der Waals surface area (Å²) < 4.78 is 31.6. The number of amides is 2. The Hall–Kier alpha value is -2.35. The van der Waals surface area contributed by atoms with Gasteiger partial charge in [0.25, 0.3) is 5.91 Å². The first kappa shape index (κ1) is 17.0. The van der Waals surface area contributed by atoms with E-state index in [-0.39, 0.29) is 10.6 Å². The van der Waals surface area contributed by atoms with Crippen molar-refractivity contribution in [1.29, 1.82) is 0 Å². The van der Waals surface area contributed by atoms with E-state index < -0.39 is 23.4 Å². The third-order valence-electron chi connectivity index (χ3n) is 2.85. The molecule has 0 bridgehead atoms. The van der Waals surface area contributed by atoms with Crippen molar-refractivity contribution in [2.45, 2.75) is 18.7 Å². The fraction of sp³-hybridized carbons (Fsp3) is 0.200. The molecule has 1 heterocycles. The Kier molecular flexibility index (Phi) is 5.38. The van der Waals surface area contributed by atoms with Gasteiger partial charge in [-0.05, 0) is 38.1 Å². The van der Waals surface area contributed by atoms with Gasteiger partial charge < -0.3 is 4.42 Å². The minimum absolute atomic E-state index is 0.0211. The van der Waals surface area contributed by atoms with Gasteiger partial charge in [-0.1, -0.05) is 0 Å². The maximum Gasteiger partial charge on any atom is 0.273 e. The topological polar surface area (TPSA) is 71.3 Å². The summed E-state index contributed by atoms with van der Waals surface area (Å²) in [6, 6.07) is 4.54. The molecule has 0 fully saturated rings. The Morgan fingerprint density at radius 3 is 2.57 bits per heavy atom. The molecule has 0 atom stereocenters. The average Bonchev–Trinajstić information content (AvgIpc) is 2.84. The number of halogens is 2. The van der Waals surface area contributed by atoms with Gasteiger partial charge in [0.2, 0.25) is 5.91 Å². The van der Waals surface area contributed by atoms with Gasteiger partial charge in [-0.15, -0.1) is 11.8 Å². The highest BCUT2D eigenvalue weighted by atomic mass is 32.2. The number of carbonyl (C=O) groups excluding carboxylic acids is 2. The highest BCUT2D eigenvalue weighted by Gasteiger charge is 2.14. The van der Waals surface area contributed by atoms with Crippen LogP contribution in [0.15, 0.2) is 33.6 Å². The first-order valence-electron chi connectivity index (χ1n) is 6.61. The van der Waals surface area contributed by atoms with Crippen molar-refractivity contribution in [1.82, 2.24) is 10.9 Å². The maximum atomic E-state index is 13.4. The Morgan fingerprint density at radius 2 is 1.91 bits per heavy atom. The molecule has 1 aromatic carbocycles. The predicted molar refractivity (Wildman–Crippen MR) is 80.9 cm³/mol. The van der Waals surface area contributed by atoms with E-state index in [4.69, 9.17) is 4.42 Å². The first-order valence-corrected chi connectivity index (χ1v) is 7.59. The summed E-state index contributed by atoms with van der Waals surface area (Å²) in [5.74, 6) is -1.43. The van der Waals surface area contributed by atoms with Gasteiger partial charge in [-0.2, -0.15) is 0 Å². The molecule has 2 rings (SSSR count). The fourth-order valence-electron chi connectivity index (χ4n) is 1.82. The van der Waals surface area contributed by atoms with Crippen molar-refractivity contribution in [3.63, 3.8) is 0 Å². The van der Waals surface area contributed by atoms with Gasteiger partial charge in [0.1, 0.15) is 23.2 Å². The van der Waals surface area contributed by atoms with Crippen molar-refractivity contribution in [2.24, 2.45) is 0 Å². The third kappa shape index (κ3) is 4.56. The van der Waals surface area contributed by atoms with Gasteiger partial charge in [0.15, 0.2) is 0 Å². The number of hydrogen-bond donors (Lipinski definition) is 2. The van der Waals surface area contributed by atoms with E-state index >= 15 is 0 Å². The van der Waals surface area contributed by atoms with Crippen LogP contribution in [0.5, 0.6) is 0 Å². The molecule has 2 amide bonds. The van der Waals surface area contributed by atoms with Gasteiger partial charge in [-0.25, -0.2) is 8.78 Å². The molecule has 0 unspecified atom stereocenters. The van der Waals surface area contributed by atoms with E-state index in [1.165, 1.54) is 0 Å². The Labute approximate surface area is 135 Å². The molecule has 2 N–H and O–H groups in total. The molecule has 23 heavy (non-hydrogen) atoms. The van der Waals surface area contributed by atoms with E-state index in [9.17, 15) is 18.4 Å². The zero-order valence-corrected chi connectivity index (χ0v) is 13.2. The Morgan fingerprint density at radius 1 is 1.17 bits per heavy atom. The van der Waals surface area contributed by atoms with Crippen LogP contribution in [0.1, 0.15) is 21.9 Å². The van der Waals surface area contributed by atoms with E-state index in [1.54, 1.807) is 19.9 Å². The van der Waals surface area contributed by atoms with E-state index in [0.717, 1.165) is 30.0 Å². The standard InChI is InChI=1S/C15H14F2N2O3S/c1-8-5-11(9(2)22-8)15(21)19-18-14(20)7-23-13-6-10(16)3-4-12(13)17/h3-6H,7H2,1-2H3,(H,18,20)(H,19,21). The number of hydrogen-bond acceptors (Lipinski definition) is 4. The lowest BCUT2D eigenvalue weighted by atomic mass is 10.2. The molecule has 0 spiro atoms. The second-order valence-corrected chi connectivity index (χ2v) is 5.71. The van der Waals surface area contributed by atoms with Crippen LogP contribution >= 0.6 is 11.8 Å². The zero-order valence-electron chi connectivity index (χ0n) is 12.4. The molecule has 0 saturated heterocycles. The first-order chi connectivity index (χ1) is 10.9. The predicted octanol–water partition coefficient (Wildman–Crippen LogP) is 2.73. The van der Waals surface area contributed by atoms with Crippen molar-refractivity contribution in [2.75, 3.05) is 5.75 Å². The maximum absolute atomic E-state index is 13.4. The van der Waals surface area contributed by atoms with Gasteiger partial charge in [0, 0.05) is 4.90 Å². The van der Waals surface area contributed by atoms with Crippen LogP contribution in [0.4, 0.5) is 8.78 Å². The molecular weight excluding hydrogens is 326 g/mol. The molecule has 0 aliphatic heterocycles. The van der Waals surface area contributed by atoms with Crippen LogP contribution in [0.3, 0.4) is 0 Å². The largest absolute Gasteiger partial charge is 0.466 e. The van der Waals surface area contributed by atoms with E-state index in [2.05, 4.69) is 10.9 Å². The number of nitrogens with one attached hydrogen (secondary N) is 2. The lowest BCUT2D eigenvalue weighted by Gasteiger charge is -2.07. The summed E-state index contributed by atoms with van der Waals surface area (Å²) in [6.07, 6.45) is 0. The number of hydrazine groups is 1. The molecular formula is C15H14F2N2O3S. The van der Waals surface area contributed by atoms with E-state index in [1.807, 2.05) is 0 Å². The van der Waals surface area contributed by atoms with Crippen LogP contribution in [0.25, 0.3) is 0 Å². The second kappa shape index (κ2) is 7.28. The summed E-state index contributed by atoms with van der Waals surface area (Å²) >= 11 is 0.827. The van der Waals surface area contributed by atoms with Crippen LogP contribution < -0.4 is 10.9 Å². The van der Waals surface area contributed by atoms with Gasteiger partial charge in [-0.3, -0.25) is 20.4 Å². The molecule has 0 aliphatic carbocycles. The SMILES string of the molecule is Cc1cc(C(=O)NNC(=O)CSc2cc(F)ccc2F)c(C)o1. The number of furan rings is 1. The van der Waals surface area contributed by atoms with Crippen molar-refractivity contribution in [3.05, 3.63) is 53.0 Å². The number of thioether (sulfide) groups is 1. The van der Waals surface area contributed by atoms with Crippen molar-refractivity contribution >= 4 is 23.6 Å². The third-order valence-corrected chi connectivity index (χ3v) is 3.88. The van der Waals surface area contributed by atoms with Crippen LogP contribution in [-0.2, 0) is 4.79 Å². The average molecular weight is 340 g/mol. The van der Waals surface area contributed by atoms with Gasteiger partial charge >= 0.3 is 0 Å². The second-order valence-electron chi connectivity index (χ2n) is 4.69. The van der Waals surface area contributed by atoms with Crippen LogP contribution in [0.2, 0.25) is 0 Å². The minimum Gasteiger partial charge on any atom is -0.466 e. The summed E-state index contributed by atoms with van der Waals surface area (Å²) in [5.41, 5.74) is 4.75. The summed E-state index contributed by atoms with van der Waals surface area (Å²) in [7, 11) is 0. The summed E-state index contributed by atoms with van der Waals surface area (Å²) in [4.78, 5) is 23.5. The molecule has 2 aromatic rings. The highest BCUT2D eigenvalue weighted by molar-refractivity contribution is 8.00. The highest BCUT2D eigenvalue weighted by Crippen LogP contribution is 2.22. The molecule has 0 radical (unpaired) electrons. The minimum atomic E-state index is -0.613. The quantitative estimate of drug-likeness (QED) is 0.663. The fourth-order valence-corrected chi connectivity index (χ4v) is 2.58. The lowest BCUT2D eigenvalue weighted by Crippen LogP contribution is -2.42. The Bertz CT molecular complexity index is 746. The van der Waals surface area contributed by atoms with Crippen molar-refractivity contribution in [3.8, 4) is 0 Å². The molecule has 122 valence electrons. The summed E-state index contributed by atoms with van der Waals surface area (Å²) in [6.45, 7) is 3.33.